The Bertz CT molecular complexity index is 471. The quantitative estimate of drug-likeness (QED) is 0.546. The molecule has 4 nitrogen and oxygen atoms in total. The molecule has 0 aliphatic heterocycles. The number of carbonyl (C=O) groups excluding carboxylic acids is 2. The largest absolute Gasteiger partial charge is 0.464 e. The normalized spacial score (nSPS) is 10.2. The van der Waals surface area contributed by atoms with Crippen LogP contribution < -0.4 is 0 Å². The third-order valence-electron chi connectivity index (χ3n) is 3.24. The summed E-state index contributed by atoms with van der Waals surface area (Å²) in [6.45, 7) is 4.49. The number of likely N-dealkylation sites (N-methyl/N-ethyl adjacent to an activating group) is 1. The standard InChI is InChI=1S/C17H25NO3/c1-4-5-6-7-11-21-16(19)13-18(3)17(20)15-10-8-9-14(2)12-15/h8-10,12H,4-7,11,13H2,1-3H3. The summed E-state index contributed by atoms with van der Waals surface area (Å²) >= 11 is 0. The Labute approximate surface area is 127 Å². The van der Waals surface area contributed by atoms with Gasteiger partial charge < -0.3 is 9.64 Å². The minimum atomic E-state index is -0.352. The molecule has 4 heteroatoms. The van der Waals surface area contributed by atoms with Crippen LogP contribution in [0.1, 0.15) is 48.5 Å². The number of hydrogen-bond acceptors (Lipinski definition) is 3. The van der Waals surface area contributed by atoms with E-state index in [2.05, 4.69) is 6.92 Å². The lowest BCUT2D eigenvalue weighted by atomic mass is 10.1. The molecule has 0 atom stereocenters. The Kier molecular flexibility index (Phi) is 7.51. The van der Waals surface area contributed by atoms with Gasteiger partial charge in [-0.1, -0.05) is 43.9 Å². The maximum Gasteiger partial charge on any atom is 0.325 e. The topological polar surface area (TPSA) is 46.6 Å². The number of hydrogen-bond donors (Lipinski definition) is 0. The third-order valence-corrected chi connectivity index (χ3v) is 3.24. The zero-order valence-corrected chi connectivity index (χ0v) is 13.2. The maximum atomic E-state index is 12.2. The minimum absolute atomic E-state index is 0.0133. The summed E-state index contributed by atoms with van der Waals surface area (Å²) in [5, 5.41) is 0. The SMILES string of the molecule is CCCCCCOC(=O)CN(C)C(=O)c1cccc(C)c1. The lowest BCUT2D eigenvalue weighted by Crippen LogP contribution is -2.33. The van der Waals surface area contributed by atoms with E-state index < -0.39 is 0 Å². The van der Waals surface area contributed by atoms with Crippen molar-refractivity contribution in [1.29, 1.82) is 0 Å². The highest BCUT2D eigenvalue weighted by molar-refractivity contribution is 5.95. The number of amides is 1. The second-order valence-corrected chi connectivity index (χ2v) is 5.31. The molecule has 0 N–H and O–H groups in total. The molecule has 21 heavy (non-hydrogen) atoms. The highest BCUT2D eigenvalue weighted by Crippen LogP contribution is 2.07. The van der Waals surface area contributed by atoms with Crippen LogP contribution >= 0.6 is 0 Å². The number of benzene rings is 1. The molecule has 0 fully saturated rings. The molecule has 1 aromatic carbocycles. The predicted molar refractivity (Wildman–Crippen MR) is 83.2 cm³/mol. The molecule has 1 amide bonds. The van der Waals surface area contributed by atoms with Gasteiger partial charge in [-0.15, -0.1) is 0 Å². The van der Waals surface area contributed by atoms with E-state index in [0.29, 0.717) is 12.2 Å². The van der Waals surface area contributed by atoms with Crippen molar-refractivity contribution in [2.45, 2.75) is 39.5 Å². The maximum absolute atomic E-state index is 12.2. The number of esters is 1. The second kappa shape index (κ2) is 9.16. The van der Waals surface area contributed by atoms with E-state index in [1.807, 2.05) is 25.1 Å². The van der Waals surface area contributed by atoms with Crippen molar-refractivity contribution in [3.63, 3.8) is 0 Å². The van der Waals surface area contributed by atoms with Gasteiger partial charge in [-0.25, -0.2) is 0 Å². The Morgan fingerprint density at radius 3 is 2.62 bits per heavy atom. The summed E-state index contributed by atoms with van der Waals surface area (Å²) in [7, 11) is 1.61. The van der Waals surface area contributed by atoms with Crippen LogP contribution in [0.25, 0.3) is 0 Å². The zero-order valence-electron chi connectivity index (χ0n) is 13.2. The monoisotopic (exact) mass is 291 g/mol. The van der Waals surface area contributed by atoms with Crippen LogP contribution in [0.15, 0.2) is 24.3 Å². The van der Waals surface area contributed by atoms with Crippen LogP contribution in [0.2, 0.25) is 0 Å². The van der Waals surface area contributed by atoms with Crippen LogP contribution in [-0.4, -0.2) is 37.0 Å². The van der Waals surface area contributed by atoms with Gasteiger partial charge in [-0.3, -0.25) is 9.59 Å². The molecule has 1 aromatic rings. The van der Waals surface area contributed by atoms with Crippen LogP contribution in [0, 0.1) is 6.92 Å². The van der Waals surface area contributed by atoms with E-state index >= 15 is 0 Å². The summed E-state index contributed by atoms with van der Waals surface area (Å²) in [5.41, 5.74) is 1.61. The molecule has 0 radical (unpaired) electrons. The van der Waals surface area contributed by atoms with Crippen molar-refractivity contribution in [2.24, 2.45) is 0 Å². The van der Waals surface area contributed by atoms with E-state index in [1.54, 1.807) is 13.1 Å². The van der Waals surface area contributed by atoms with Crippen LogP contribution in [0.3, 0.4) is 0 Å². The minimum Gasteiger partial charge on any atom is -0.464 e. The van der Waals surface area contributed by atoms with Crippen molar-refractivity contribution in [2.75, 3.05) is 20.2 Å². The molecule has 0 aliphatic carbocycles. The number of nitrogens with zero attached hydrogens (tertiary/aromatic N) is 1. The first-order valence-electron chi connectivity index (χ1n) is 7.52. The van der Waals surface area contributed by atoms with Gasteiger partial charge in [0.05, 0.1) is 6.61 Å². The van der Waals surface area contributed by atoms with Crippen LogP contribution in [0.4, 0.5) is 0 Å². The zero-order chi connectivity index (χ0) is 15.7. The van der Waals surface area contributed by atoms with Gasteiger partial charge >= 0.3 is 5.97 Å². The molecular weight excluding hydrogens is 266 g/mol. The molecule has 116 valence electrons. The van der Waals surface area contributed by atoms with E-state index in [1.165, 1.54) is 4.90 Å². The van der Waals surface area contributed by atoms with E-state index in [4.69, 9.17) is 4.74 Å². The van der Waals surface area contributed by atoms with Crippen molar-refractivity contribution in [3.8, 4) is 0 Å². The lowest BCUT2D eigenvalue weighted by Gasteiger charge is -2.16. The van der Waals surface area contributed by atoms with Crippen LogP contribution in [-0.2, 0) is 9.53 Å². The number of carbonyl (C=O) groups is 2. The number of unbranched alkanes of at least 4 members (excludes halogenated alkanes) is 3. The number of aryl methyl sites for hydroxylation is 1. The van der Waals surface area contributed by atoms with Gasteiger partial charge in [-0.2, -0.15) is 0 Å². The molecule has 0 unspecified atom stereocenters. The molecule has 0 saturated carbocycles. The summed E-state index contributed by atoms with van der Waals surface area (Å²) in [6, 6.07) is 7.33. The number of ether oxygens (including phenoxy) is 1. The summed E-state index contributed by atoms with van der Waals surface area (Å²) in [4.78, 5) is 25.2. The lowest BCUT2D eigenvalue weighted by molar-refractivity contribution is -0.144. The van der Waals surface area contributed by atoms with Gasteiger partial charge in [-0.05, 0) is 25.5 Å². The second-order valence-electron chi connectivity index (χ2n) is 5.31. The first kappa shape index (κ1) is 17.2. The smallest absolute Gasteiger partial charge is 0.325 e. The van der Waals surface area contributed by atoms with Gasteiger partial charge in [0, 0.05) is 12.6 Å². The molecule has 0 aromatic heterocycles. The Hall–Kier alpha value is -1.84. The summed E-state index contributed by atoms with van der Waals surface area (Å²) < 4.78 is 5.14. The molecule has 1 rings (SSSR count). The van der Waals surface area contributed by atoms with Crippen molar-refractivity contribution in [3.05, 3.63) is 35.4 Å². The fourth-order valence-electron chi connectivity index (χ4n) is 2.02. The highest BCUT2D eigenvalue weighted by Gasteiger charge is 2.15. The fourth-order valence-corrected chi connectivity index (χ4v) is 2.02. The van der Waals surface area contributed by atoms with Crippen molar-refractivity contribution < 1.29 is 14.3 Å². The molecule has 0 aliphatic rings. The van der Waals surface area contributed by atoms with Gasteiger partial charge in [0.1, 0.15) is 6.54 Å². The van der Waals surface area contributed by atoms with Gasteiger partial charge in [0.2, 0.25) is 0 Å². The molecule has 0 heterocycles. The Morgan fingerprint density at radius 2 is 1.95 bits per heavy atom. The fraction of sp³-hybridized carbons (Fsp3) is 0.529. The van der Waals surface area contributed by atoms with Gasteiger partial charge in [0.25, 0.3) is 5.91 Å². The van der Waals surface area contributed by atoms with Crippen molar-refractivity contribution in [1.82, 2.24) is 4.90 Å². The molecular formula is C17H25NO3. The summed E-state index contributed by atoms with van der Waals surface area (Å²) in [5.74, 6) is -0.517. The molecule has 0 saturated heterocycles. The third kappa shape index (κ3) is 6.43. The van der Waals surface area contributed by atoms with Crippen LogP contribution in [0.5, 0.6) is 0 Å². The van der Waals surface area contributed by atoms with E-state index in [-0.39, 0.29) is 18.4 Å². The van der Waals surface area contributed by atoms with Gasteiger partial charge in [0.15, 0.2) is 0 Å². The van der Waals surface area contributed by atoms with E-state index in [0.717, 1.165) is 31.2 Å². The van der Waals surface area contributed by atoms with E-state index in [9.17, 15) is 9.59 Å². The Morgan fingerprint density at radius 1 is 1.19 bits per heavy atom. The Balaban J connectivity index is 2.36. The first-order chi connectivity index (χ1) is 10.0. The molecule has 0 bridgehead atoms. The first-order valence-corrected chi connectivity index (χ1v) is 7.52. The average Bonchev–Trinajstić information content (AvgIpc) is 2.46. The average molecular weight is 291 g/mol. The summed E-state index contributed by atoms with van der Waals surface area (Å²) in [6.07, 6.45) is 4.27. The molecule has 0 spiro atoms. The number of rotatable bonds is 8. The predicted octanol–water partition coefficient (Wildman–Crippen LogP) is 3.19. The highest BCUT2D eigenvalue weighted by atomic mass is 16.5. The van der Waals surface area contributed by atoms with Crippen molar-refractivity contribution >= 4 is 11.9 Å².